The van der Waals surface area contributed by atoms with Crippen LogP contribution < -0.4 is 0 Å². The van der Waals surface area contributed by atoms with E-state index >= 15 is 0 Å². The monoisotopic (exact) mass is 308 g/mol. The Balaban J connectivity index is 1.92. The summed E-state index contributed by atoms with van der Waals surface area (Å²) in [6, 6.07) is 21.0. The van der Waals surface area contributed by atoms with E-state index in [4.69, 9.17) is 0 Å². The SMILES string of the molecule is CCCCC(=O)C(CCc1ccccc1)CCc1ccccc1. The van der Waals surface area contributed by atoms with E-state index < -0.39 is 0 Å². The average molecular weight is 308 g/mol. The van der Waals surface area contributed by atoms with Gasteiger partial charge in [-0.2, -0.15) is 0 Å². The Hall–Kier alpha value is -1.89. The topological polar surface area (TPSA) is 17.1 Å². The van der Waals surface area contributed by atoms with Gasteiger partial charge in [-0.1, -0.05) is 74.0 Å². The van der Waals surface area contributed by atoms with E-state index in [1.165, 1.54) is 11.1 Å². The zero-order chi connectivity index (χ0) is 16.3. The Morgan fingerprint density at radius 2 is 1.30 bits per heavy atom. The van der Waals surface area contributed by atoms with E-state index in [1.807, 2.05) is 12.1 Å². The number of hydrogen-bond donors (Lipinski definition) is 0. The third-order valence-corrected chi connectivity index (χ3v) is 4.48. The second-order valence-corrected chi connectivity index (χ2v) is 6.32. The van der Waals surface area contributed by atoms with Gasteiger partial charge in [-0.15, -0.1) is 0 Å². The molecular weight excluding hydrogens is 280 g/mol. The van der Waals surface area contributed by atoms with E-state index in [1.54, 1.807) is 0 Å². The highest BCUT2D eigenvalue weighted by Gasteiger charge is 2.17. The van der Waals surface area contributed by atoms with Gasteiger partial charge in [-0.25, -0.2) is 0 Å². The highest BCUT2D eigenvalue weighted by Crippen LogP contribution is 2.20. The van der Waals surface area contributed by atoms with Crippen LogP contribution in [0.5, 0.6) is 0 Å². The van der Waals surface area contributed by atoms with Crippen LogP contribution in [-0.4, -0.2) is 5.78 Å². The van der Waals surface area contributed by atoms with Crippen LogP contribution in [-0.2, 0) is 17.6 Å². The average Bonchev–Trinajstić information content (AvgIpc) is 2.61. The van der Waals surface area contributed by atoms with Crippen LogP contribution >= 0.6 is 0 Å². The molecule has 0 heterocycles. The van der Waals surface area contributed by atoms with Crippen molar-refractivity contribution < 1.29 is 4.79 Å². The van der Waals surface area contributed by atoms with E-state index in [2.05, 4.69) is 55.5 Å². The van der Waals surface area contributed by atoms with Crippen LogP contribution in [0.2, 0.25) is 0 Å². The summed E-state index contributed by atoms with van der Waals surface area (Å²) in [5, 5.41) is 0. The molecule has 0 aliphatic carbocycles. The molecule has 0 aliphatic heterocycles. The van der Waals surface area contributed by atoms with Crippen molar-refractivity contribution in [2.24, 2.45) is 5.92 Å². The summed E-state index contributed by atoms with van der Waals surface area (Å²) in [7, 11) is 0. The molecule has 0 aromatic heterocycles. The van der Waals surface area contributed by atoms with Crippen LogP contribution in [0.3, 0.4) is 0 Å². The number of unbranched alkanes of at least 4 members (excludes halogenated alkanes) is 1. The molecule has 0 saturated carbocycles. The summed E-state index contributed by atoms with van der Waals surface area (Å²) in [5.74, 6) is 0.653. The molecule has 2 aromatic rings. The zero-order valence-electron chi connectivity index (χ0n) is 14.2. The van der Waals surface area contributed by atoms with Crippen molar-refractivity contribution in [3.05, 3.63) is 71.8 Å². The van der Waals surface area contributed by atoms with E-state index in [0.29, 0.717) is 5.78 Å². The molecule has 23 heavy (non-hydrogen) atoms. The highest BCUT2D eigenvalue weighted by molar-refractivity contribution is 5.81. The van der Waals surface area contributed by atoms with Gasteiger partial charge in [-0.05, 0) is 43.2 Å². The minimum absolute atomic E-state index is 0.196. The van der Waals surface area contributed by atoms with Crippen molar-refractivity contribution in [3.63, 3.8) is 0 Å². The minimum Gasteiger partial charge on any atom is -0.299 e. The standard InChI is InChI=1S/C22H28O/c1-2-3-14-22(23)21(17-15-19-10-6-4-7-11-19)18-16-20-12-8-5-9-13-20/h4-13,21H,2-3,14-18H2,1H3. The Bertz CT molecular complexity index is 516. The maximum atomic E-state index is 12.5. The van der Waals surface area contributed by atoms with Gasteiger partial charge in [0.1, 0.15) is 5.78 Å². The van der Waals surface area contributed by atoms with Gasteiger partial charge in [0.2, 0.25) is 0 Å². The number of ketones is 1. The number of benzene rings is 2. The third kappa shape index (κ3) is 6.40. The van der Waals surface area contributed by atoms with Crippen molar-refractivity contribution in [2.75, 3.05) is 0 Å². The summed E-state index contributed by atoms with van der Waals surface area (Å²) in [6.07, 6.45) is 6.79. The van der Waals surface area contributed by atoms with Gasteiger partial charge < -0.3 is 0 Å². The van der Waals surface area contributed by atoms with Gasteiger partial charge in [0, 0.05) is 12.3 Å². The van der Waals surface area contributed by atoms with Crippen molar-refractivity contribution in [1.82, 2.24) is 0 Å². The molecule has 2 aromatic carbocycles. The van der Waals surface area contributed by atoms with Crippen LogP contribution in [0.1, 0.15) is 50.2 Å². The second-order valence-electron chi connectivity index (χ2n) is 6.32. The lowest BCUT2D eigenvalue weighted by atomic mass is 9.88. The zero-order valence-corrected chi connectivity index (χ0v) is 14.2. The number of aryl methyl sites for hydroxylation is 2. The van der Waals surface area contributed by atoms with E-state index in [0.717, 1.165) is 44.9 Å². The fourth-order valence-electron chi connectivity index (χ4n) is 2.99. The number of hydrogen-bond acceptors (Lipinski definition) is 1. The van der Waals surface area contributed by atoms with Gasteiger partial charge in [0.25, 0.3) is 0 Å². The molecule has 122 valence electrons. The van der Waals surface area contributed by atoms with Crippen LogP contribution in [0, 0.1) is 5.92 Å². The first kappa shape index (κ1) is 17.5. The molecule has 0 radical (unpaired) electrons. The summed E-state index contributed by atoms with van der Waals surface area (Å²) >= 11 is 0. The molecular formula is C22H28O. The van der Waals surface area contributed by atoms with Crippen molar-refractivity contribution in [3.8, 4) is 0 Å². The largest absolute Gasteiger partial charge is 0.299 e. The molecule has 0 bridgehead atoms. The first-order chi connectivity index (χ1) is 11.3. The lowest BCUT2D eigenvalue weighted by Crippen LogP contribution is -2.16. The molecule has 2 rings (SSSR count). The predicted molar refractivity (Wildman–Crippen MR) is 97.5 cm³/mol. The molecule has 0 spiro atoms. The molecule has 0 aliphatic rings. The fraction of sp³-hybridized carbons (Fsp3) is 0.409. The Kier molecular flexibility index (Phi) is 7.59. The molecule has 0 unspecified atom stereocenters. The fourth-order valence-corrected chi connectivity index (χ4v) is 2.99. The quantitative estimate of drug-likeness (QED) is 0.556. The molecule has 0 N–H and O–H groups in total. The molecule has 0 amide bonds. The lowest BCUT2D eigenvalue weighted by Gasteiger charge is -2.16. The molecule has 0 atom stereocenters. The Labute approximate surface area is 140 Å². The van der Waals surface area contributed by atoms with Crippen molar-refractivity contribution in [2.45, 2.75) is 51.9 Å². The summed E-state index contributed by atoms with van der Waals surface area (Å²) < 4.78 is 0. The number of rotatable bonds is 10. The normalized spacial score (nSPS) is 10.9. The predicted octanol–water partition coefficient (Wildman–Crippen LogP) is 5.63. The molecule has 1 nitrogen and oxygen atoms in total. The number of carbonyl (C=O) groups excluding carboxylic acids is 1. The smallest absolute Gasteiger partial charge is 0.135 e. The van der Waals surface area contributed by atoms with E-state index in [9.17, 15) is 4.79 Å². The summed E-state index contributed by atoms with van der Waals surface area (Å²) in [5.41, 5.74) is 2.67. The molecule has 0 fully saturated rings. The Morgan fingerprint density at radius 3 is 1.74 bits per heavy atom. The van der Waals surface area contributed by atoms with E-state index in [-0.39, 0.29) is 5.92 Å². The Morgan fingerprint density at radius 1 is 0.826 bits per heavy atom. The molecule has 1 heteroatoms. The highest BCUT2D eigenvalue weighted by atomic mass is 16.1. The second kappa shape index (κ2) is 9.99. The summed E-state index contributed by atoms with van der Waals surface area (Å²) in [4.78, 5) is 12.5. The van der Waals surface area contributed by atoms with Crippen LogP contribution in [0.15, 0.2) is 60.7 Å². The van der Waals surface area contributed by atoms with Crippen molar-refractivity contribution in [1.29, 1.82) is 0 Å². The van der Waals surface area contributed by atoms with Gasteiger partial charge >= 0.3 is 0 Å². The maximum Gasteiger partial charge on any atom is 0.135 e. The molecule has 0 saturated heterocycles. The number of Topliss-reactive ketones (excluding diaryl/α,β-unsaturated/α-hetero) is 1. The first-order valence-corrected chi connectivity index (χ1v) is 8.90. The first-order valence-electron chi connectivity index (χ1n) is 8.90. The van der Waals surface area contributed by atoms with Gasteiger partial charge in [-0.3, -0.25) is 4.79 Å². The minimum atomic E-state index is 0.196. The van der Waals surface area contributed by atoms with Crippen LogP contribution in [0.4, 0.5) is 0 Å². The maximum absolute atomic E-state index is 12.5. The van der Waals surface area contributed by atoms with Crippen LogP contribution in [0.25, 0.3) is 0 Å². The van der Waals surface area contributed by atoms with Gasteiger partial charge in [0.05, 0.1) is 0 Å². The number of carbonyl (C=O) groups is 1. The lowest BCUT2D eigenvalue weighted by molar-refractivity contribution is -0.123. The summed E-state index contributed by atoms with van der Waals surface area (Å²) in [6.45, 7) is 2.15. The van der Waals surface area contributed by atoms with Crippen molar-refractivity contribution >= 4 is 5.78 Å². The van der Waals surface area contributed by atoms with Gasteiger partial charge in [0.15, 0.2) is 0 Å². The third-order valence-electron chi connectivity index (χ3n) is 4.48.